The summed E-state index contributed by atoms with van der Waals surface area (Å²) in [4.78, 5) is 0. The van der Waals surface area contributed by atoms with Crippen molar-refractivity contribution in [3.63, 3.8) is 0 Å². The normalized spacial score (nSPS) is 10.5. The summed E-state index contributed by atoms with van der Waals surface area (Å²) in [6.45, 7) is 1.06. The first-order chi connectivity index (χ1) is 12.1. The first-order valence-corrected chi connectivity index (χ1v) is 9.31. The molecule has 0 spiro atoms. The molecule has 0 aliphatic heterocycles. The SMILES string of the molecule is Clc1ccc(OCc2ccc(Br)cc2)c(CNc2ccccc2Cl)c1. The van der Waals surface area contributed by atoms with Crippen molar-refractivity contribution < 1.29 is 4.74 Å². The first-order valence-electron chi connectivity index (χ1n) is 7.76. The highest BCUT2D eigenvalue weighted by molar-refractivity contribution is 9.10. The van der Waals surface area contributed by atoms with Crippen LogP contribution < -0.4 is 10.1 Å². The molecule has 1 N–H and O–H groups in total. The highest BCUT2D eigenvalue weighted by Crippen LogP contribution is 2.27. The fourth-order valence-electron chi connectivity index (χ4n) is 2.36. The summed E-state index contributed by atoms with van der Waals surface area (Å²) in [5, 5.41) is 4.68. The lowest BCUT2D eigenvalue weighted by atomic mass is 10.2. The topological polar surface area (TPSA) is 21.3 Å². The van der Waals surface area contributed by atoms with Gasteiger partial charge in [0.15, 0.2) is 0 Å². The third kappa shape index (κ3) is 5.15. The fourth-order valence-corrected chi connectivity index (χ4v) is 3.03. The summed E-state index contributed by atoms with van der Waals surface area (Å²) in [7, 11) is 0. The Bertz CT molecular complexity index is 853. The molecule has 2 nitrogen and oxygen atoms in total. The summed E-state index contributed by atoms with van der Waals surface area (Å²) in [6.07, 6.45) is 0. The Labute approximate surface area is 165 Å². The van der Waals surface area contributed by atoms with Gasteiger partial charge in [0.25, 0.3) is 0 Å². The van der Waals surface area contributed by atoms with Crippen LogP contribution in [0.25, 0.3) is 0 Å². The van der Waals surface area contributed by atoms with Crippen molar-refractivity contribution in [2.24, 2.45) is 0 Å². The highest BCUT2D eigenvalue weighted by Gasteiger charge is 2.07. The average molecular weight is 437 g/mol. The molecule has 0 saturated heterocycles. The lowest BCUT2D eigenvalue weighted by Crippen LogP contribution is -2.04. The third-order valence-corrected chi connectivity index (χ3v) is 4.77. The minimum atomic E-state index is 0.494. The monoisotopic (exact) mass is 435 g/mol. The standard InChI is InChI=1S/C20H16BrCl2NO/c21-16-7-5-14(6-8-16)13-25-20-10-9-17(22)11-15(20)12-24-19-4-2-1-3-18(19)23/h1-11,24H,12-13H2. The smallest absolute Gasteiger partial charge is 0.124 e. The number of nitrogens with one attached hydrogen (secondary N) is 1. The van der Waals surface area contributed by atoms with Gasteiger partial charge < -0.3 is 10.1 Å². The molecule has 0 fully saturated rings. The molecule has 3 aromatic rings. The van der Waals surface area contributed by atoms with Crippen molar-refractivity contribution in [1.29, 1.82) is 0 Å². The number of benzene rings is 3. The van der Waals surface area contributed by atoms with Crippen LogP contribution in [0.2, 0.25) is 10.0 Å². The van der Waals surface area contributed by atoms with E-state index in [2.05, 4.69) is 21.2 Å². The summed E-state index contributed by atoms with van der Waals surface area (Å²) in [6, 6.07) is 21.3. The van der Waals surface area contributed by atoms with E-state index in [4.69, 9.17) is 27.9 Å². The molecule has 0 aliphatic carbocycles. The second-order valence-electron chi connectivity index (χ2n) is 5.50. The molecule has 0 bridgehead atoms. The second kappa shape index (κ2) is 8.61. The molecule has 25 heavy (non-hydrogen) atoms. The van der Waals surface area contributed by atoms with Gasteiger partial charge in [-0.3, -0.25) is 0 Å². The maximum absolute atomic E-state index is 6.19. The Balaban J connectivity index is 1.71. The molecule has 0 aliphatic rings. The number of rotatable bonds is 6. The van der Waals surface area contributed by atoms with E-state index in [0.717, 1.165) is 27.0 Å². The van der Waals surface area contributed by atoms with Gasteiger partial charge in [0.2, 0.25) is 0 Å². The zero-order chi connectivity index (χ0) is 17.6. The molecule has 3 aromatic carbocycles. The lowest BCUT2D eigenvalue weighted by molar-refractivity contribution is 0.303. The van der Waals surface area contributed by atoms with Crippen molar-refractivity contribution in [2.75, 3.05) is 5.32 Å². The van der Waals surface area contributed by atoms with Crippen LogP contribution in [-0.4, -0.2) is 0 Å². The van der Waals surface area contributed by atoms with E-state index in [1.54, 1.807) is 0 Å². The Morgan fingerprint density at radius 3 is 2.44 bits per heavy atom. The van der Waals surface area contributed by atoms with Crippen LogP contribution in [0, 0.1) is 0 Å². The van der Waals surface area contributed by atoms with Crippen molar-refractivity contribution in [3.05, 3.63) is 92.4 Å². The van der Waals surface area contributed by atoms with Gasteiger partial charge in [-0.1, -0.05) is 63.4 Å². The van der Waals surface area contributed by atoms with Crippen LogP contribution >= 0.6 is 39.1 Å². The fraction of sp³-hybridized carbons (Fsp3) is 0.100. The molecule has 3 rings (SSSR count). The Kier molecular flexibility index (Phi) is 6.24. The predicted molar refractivity (Wildman–Crippen MR) is 109 cm³/mol. The molecule has 5 heteroatoms. The van der Waals surface area contributed by atoms with Gasteiger partial charge in [-0.15, -0.1) is 0 Å². The molecule has 0 heterocycles. The Morgan fingerprint density at radius 1 is 0.920 bits per heavy atom. The quantitative estimate of drug-likeness (QED) is 0.451. The molecule has 0 radical (unpaired) electrons. The van der Waals surface area contributed by atoms with Crippen LogP contribution in [0.1, 0.15) is 11.1 Å². The number of hydrogen-bond donors (Lipinski definition) is 1. The van der Waals surface area contributed by atoms with E-state index in [1.165, 1.54) is 0 Å². The molecular weight excluding hydrogens is 421 g/mol. The van der Waals surface area contributed by atoms with Gasteiger partial charge in [0, 0.05) is 21.6 Å². The van der Waals surface area contributed by atoms with Crippen molar-refractivity contribution in [2.45, 2.75) is 13.2 Å². The van der Waals surface area contributed by atoms with E-state index in [0.29, 0.717) is 23.2 Å². The molecule has 128 valence electrons. The Morgan fingerprint density at radius 2 is 1.68 bits per heavy atom. The predicted octanol–water partition coefficient (Wildman–Crippen LogP) is 6.95. The maximum Gasteiger partial charge on any atom is 0.124 e. The van der Waals surface area contributed by atoms with Gasteiger partial charge in [-0.2, -0.15) is 0 Å². The largest absolute Gasteiger partial charge is 0.489 e. The van der Waals surface area contributed by atoms with Crippen LogP contribution in [-0.2, 0) is 13.2 Å². The maximum atomic E-state index is 6.19. The highest BCUT2D eigenvalue weighted by atomic mass is 79.9. The van der Waals surface area contributed by atoms with Gasteiger partial charge in [-0.25, -0.2) is 0 Å². The van der Waals surface area contributed by atoms with E-state index in [-0.39, 0.29) is 0 Å². The van der Waals surface area contributed by atoms with Crippen LogP contribution in [0.4, 0.5) is 5.69 Å². The van der Waals surface area contributed by atoms with Crippen molar-refractivity contribution >= 4 is 44.8 Å². The summed E-state index contributed by atoms with van der Waals surface area (Å²) in [5.74, 6) is 0.798. The lowest BCUT2D eigenvalue weighted by Gasteiger charge is -2.14. The van der Waals surface area contributed by atoms with Gasteiger partial charge in [0.1, 0.15) is 12.4 Å². The van der Waals surface area contributed by atoms with Crippen LogP contribution in [0.3, 0.4) is 0 Å². The van der Waals surface area contributed by atoms with Crippen LogP contribution in [0.5, 0.6) is 5.75 Å². The molecule has 0 amide bonds. The average Bonchev–Trinajstić information content (AvgIpc) is 2.61. The molecule has 0 aromatic heterocycles. The first kappa shape index (κ1) is 18.1. The van der Waals surface area contributed by atoms with Crippen molar-refractivity contribution in [3.8, 4) is 5.75 Å². The van der Waals surface area contributed by atoms with E-state index in [9.17, 15) is 0 Å². The number of halogens is 3. The number of hydrogen-bond acceptors (Lipinski definition) is 2. The molecule has 0 saturated carbocycles. The number of ether oxygens (including phenoxy) is 1. The van der Waals surface area contributed by atoms with Gasteiger partial charge >= 0.3 is 0 Å². The van der Waals surface area contributed by atoms with E-state index in [1.807, 2.05) is 66.7 Å². The van der Waals surface area contributed by atoms with Crippen LogP contribution in [0.15, 0.2) is 71.2 Å². The third-order valence-electron chi connectivity index (χ3n) is 3.67. The molecular formula is C20H16BrCl2NO. The number of anilines is 1. The molecule has 0 unspecified atom stereocenters. The van der Waals surface area contributed by atoms with E-state index >= 15 is 0 Å². The zero-order valence-corrected chi connectivity index (χ0v) is 16.4. The minimum Gasteiger partial charge on any atom is -0.489 e. The summed E-state index contributed by atoms with van der Waals surface area (Å²) >= 11 is 15.8. The zero-order valence-electron chi connectivity index (χ0n) is 13.3. The minimum absolute atomic E-state index is 0.494. The summed E-state index contributed by atoms with van der Waals surface area (Å²) < 4.78 is 7.04. The summed E-state index contributed by atoms with van der Waals surface area (Å²) in [5.41, 5.74) is 2.95. The second-order valence-corrected chi connectivity index (χ2v) is 7.26. The van der Waals surface area contributed by atoms with Crippen molar-refractivity contribution in [1.82, 2.24) is 0 Å². The molecule has 0 atom stereocenters. The van der Waals surface area contributed by atoms with Gasteiger partial charge in [-0.05, 0) is 48.0 Å². The Hall–Kier alpha value is -1.68. The van der Waals surface area contributed by atoms with E-state index < -0.39 is 0 Å². The van der Waals surface area contributed by atoms with Gasteiger partial charge in [0.05, 0.1) is 10.7 Å². The number of para-hydroxylation sites is 1.